The maximum atomic E-state index is 12.2. The van der Waals surface area contributed by atoms with Gasteiger partial charge in [-0.3, -0.25) is 5.32 Å². The zero-order valence-electron chi connectivity index (χ0n) is 12.1. The fraction of sp³-hybridized carbons (Fsp3) is 0.312. The van der Waals surface area contributed by atoms with Gasteiger partial charge in [0.05, 0.1) is 6.61 Å². The molecule has 1 atom stereocenters. The van der Waals surface area contributed by atoms with E-state index >= 15 is 0 Å². The van der Waals surface area contributed by atoms with Gasteiger partial charge in [-0.1, -0.05) is 29.8 Å². The number of rotatable bonds is 6. The molecule has 2 aromatic rings. The average molecular weight is 324 g/mol. The number of halogens is 1. The Kier molecular flexibility index (Phi) is 5.79. The molecule has 0 radical (unpaired) electrons. The summed E-state index contributed by atoms with van der Waals surface area (Å²) in [4.78, 5) is 13.3. The normalized spacial score (nSPS) is 12.1. The molecule has 1 heterocycles. The van der Waals surface area contributed by atoms with Crippen molar-refractivity contribution in [2.24, 2.45) is 0 Å². The maximum absolute atomic E-state index is 12.2. The molecule has 0 amide bonds. The topological polar surface area (TPSA) is 38.3 Å². The molecule has 0 spiro atoms. The summed E-state index contributed by atoms with van der Waals surface area (Å²) in [6.07, 6.45) is 0. The Morgan fingerprint density at radius 2 is 2.24 bits per heavy atom. The summed E-state index contributed by atoms with van der Waals surface area (Å²) in [5.41, 5.74) is 1.81. The molecule has 5 heteroatoms. The van der Waals surface area contributed by atoms with Crippen molar-refractivity contribution < 1.29 is 9.53 Å². The van der Waals surface area contributed by atoms with Gasteiger partial charge >= 0.3 is 5.97 Å². The van der Waals surface area contributed by atoms with E-state index < -0.39 is 6.04 Å². The van der Waals surface area contributed by atoms with Crippen LogP contribution in [0.15, 0.2) is 35.7 Å². The molecule has 0 aliphatic rings. The molecule has 0 aliphatic carbocycles. The van der Waals surface area contributed by atoms with Crippen LogP contribution < -0.4 is 5.32 Å². The lowest BCUT2D eigenvalue weighted by Gasteiger charge is -2.18. The number of nitrogens with one attached hydrogen (secondary N) is 1. The van der Waals surface area contributed by atoms with Gasteiger partial charge in [0, 0.05) is 16.4 Å². The molecule has 112 valence electrons. The highest BCUT2D eigenvalue weighted by Gasteiger charge is 2.22. The van der Waals surface area contributed by atoms with Crippen molar-refractivity contribution in [1.29, 1.82) is 0 Å². The van der Waals surface area contributed by atoms with Crippen LogP contribution in [-0.4, -0.2) is 12.6 Å². The van der Waals surface area contributed by atoms with Gasteiger partial charge in [0.15, 0.2) is 0 Å². The minimum atomic E-state index is -0.509. The van der Waals surface area contributed by atoms with Crippen LogP contribution in [-0.2, 0) is 16.1 Å². The number of carbonyl (C=O) groups excluding carboxylic acids is 1. The first-order valence-corrected chi connectivity index (χ1v) is 8.06. The maximum Gasteiger partial charge on any atom is 0.327 e. The standard InChI is InChI=1S/C16H18ClNO2S/c1-3-20-16(19)15(18-10-13-5-4-8-21-13)12-7-6-11(2)14(17)9-12/h4-9,15,18H,3,10H2,1-2H3. The Balaban J connectivity index is 2.18. The SMILES string of the molecule is CCOC(=O)C(NCc1cccs1)c1ccc(C)c(Cl)c1. The number of hydrogen-bond acceptors (Lipinski definition) is 4. The molecular weight excluding hydrogens is 306 g/mol. The first kappa shape index (κ1) is 16.0. The molecule has 0 fully saturated rings. The molecule has 1 aromatic carbocycles. The smallest absolute Gasteiger partial charge is 0.327 e. The number of esters is 1. The number of hydrogen-bond donors (Lipinski definition) is 1. The molecule has 2 rings (SSSR count). The minimum Gasteiger partial charge on any atom is -0.465 e. The second kappa shape index (κ2) is 7.59. The third-order valence-corrected chi connectivity index (χ3v) is 4.40. The van der Waals surface area contributed by atoms with E-state index in [1.54, 1.807) is 18.3 Å². The first-order valence-electron chi connectivity index (χ1n) is 6.80. The molecule has 3 nitrogen and oxygen atoms in total. The summed E-state index contributed by atoms with van der Waals surface area (Å²) >= 11 is 7.81. The van der Waals surface area contributed by atoms with E-state index in [0.717, 1.165) is 11.1 Å². The summed E-state index contributed by atoms with van der Waals surface area (Å²) in [6.45, 7) is 4.71. The summed E-state index contributed by atoms with van der Waals surface area (Å²) in [7, 11) is 0. The first-order chi connectivity index (χ1) is 10.1. The van der Waals surface area contributed by atoms with Crippen LogP contribution >= 0.6 is 22.9 Å². The van der Waals surface area contributed by atoms with Gasteiger partial charge < -0.3 is 4.74 Å². The number of ether oxygens (including phenoxy) is 1. The van der Waals surface area contributed by atoms with Gasteiger partial charge in [-0.25, -0.2) is 4.79 Å². The van der Waals surface area contributed by atoms with Crippen LogP contribution in [0.2, 0.25) is 5.02 Å². The van der Waals surface area contributed by atoms with E-state index in [9.17, 15) is 4.79 Å². The van der Waals surface area contributed by atoms with Crippen molar-refractivity contribution in [3.63, 3.8) is 0 Å². The van der Waals surface area contributed by atoms with Gasteiger partial charge in [0.25, 0.3) is 0 Å². The Morgan fingerprint density at radius 1 is 1.43 bits per heavy atom. The van der Waals surface area contributed by atoms with Gasteiger partial charge in [0.2, 0.25) is 0 Å². The predicted octanol–water partition coefficient (Wildman–Crippen LogP) is 4.10. The predicted molar refractivity (Wildman–Crippen MR) is 86.7 cm³/mol. The molecule has 21 heavy (non-hydrogen) atoms. The van der Waals surface area contributed by atoms with Crippen molar-refractivity contribution in [2.75, 3.05) is 6.61 Å². The Labute approximate surface area is 133 Å². The van der Waals surface area contributed by atoms with Crippen LogP contribution in [0.4, 0.5) is 0 Å². The number of thiophene rings is 1. The zero-order valence-corrected chi connectivity index (χ0v) is 13.6. The highest BCUT2D eigenvalue weighted by atomic mass is 35.5. The lowest BCUT2D eigenvalue weighted by Crippen LogP contribution is -2.29. The molecule has 0 aliphatic heterocycles. The molecule has 0 saturated heterocycles. The Bertz CT molecular complexity index is 598. The van der Waals surface area contributed by atoms with E-state index in [0.29, 0.717) is 18.2 Å². The largest absolute Gasteiger partial charge is 0.465 e. The molecule has 0 saturated carbocycles. The van der Waals surface area contributed by atoms with Crippen LogP contribution in [0.3, 0.4) is 0 Å². The van der Waals surface area contributed by atoms with E-state index in [1.807, 2.05) is 42.6 Å². The number of aryl methyl sites for hydroxylation is 1. The fourth-order valence-electron chi connectivity index (χ4n) is 1.97. The molecular formula is C16H18ClNO2S. The van der Waals surface area contributed by atoms with Crippen molar-refractivity contribution in [3.8, 4) is 0 Å². The molecule has 0 bridgehead atoms. The van der Waals surface area contributed by atoms with Crippen LogP contribution in [0.5, 0.6) is 0 Å². The fourth-order valence-corrected chi connectivity index (χ4v) is 2.81. The van der Waals surface area contributed by atoms with Crippen molar-refractivity contribution in [3.05, 3.63) is 56.7 Å². The van der Waals surface area contributed by atoms with E-state index in [4.69, 9.17) is 16.3 Å². The zero-order chi connectivity index (χ0) is 15.2. The van der Waals surface area contributed by atoms with Crippen molar-refractivity contribution in [2.45, 2.75) is 26.4 Å². The van der Waals surface area contributed by atoms with Crippen LogP contribution in [0.1, 0.15) is 29.0 Å². The third-order valence-electron chi connectivity index (χ3n) is 3.11. The van der Waals surface area contributed by atoms with Crippen LogP contribution in [0, 0.1) is 6.92 Å². The lowest BCUT2D eigenvalue weighted by molar-refractivity contribution is -0.145. The van der Waals surface area contributed by atoms with E-state index in [2.05, 4.69) is 5.32 Å². The highest BCUT2D eigenvalue weighted by Crippen LogP contribution is 2.23. The van der Waals surface area contributed by atoms with Gasteiger partial charge in [-0.2, -0.15) is 0 Å². The Morgan fingerprint density at radius 3 is 2.86 bits per heavy atom. The van der Waals surface area contributed by atoms with Gasteiger partial charge in [-0.15, -0.1) is 11.3 Å². The number of carbonyl (C=O) groups is 1. The molecule has 1 N–H and O–H groups in total. The highest BCUT2D eigenvalue weighted by molar-refractivity contribution is 7.09. The molecule has 1 aromatic heterocycles. The van der Waals surface area contributed by atoms with Crippen molar-refractivity contribution >= 4 is 28.9 Å². The van der Waals surface area contributed by atoms with E-state index in [-0.39, 0.29) is 5.97 Å². The van der Waals surface area contributed by atoms with Gasteiger partial charge in [-0.05, 0) is 42.5 Å². The van der Waals surface area contributed by atoms with Crippen LogP contribution in [0.25, 0.3) is 0 Å². The van der Waals surface area contributed by atoms with E-state index in [1.165, 1.54) is 4.88 Å². The summed E-state index contributed by atoms with van der Waals surface area (Å²) < 4.78 is 5.16. The second-order valence-electron chi connectivity index (χ2n) is 4.65. The minimum absolute atomic E-state index is 0.283. The third kappa shape index (κ3) is 4.30. The summed E-state index contributed by atoms with van der Waals surface area (Å²) in [5, 5.41) is 5.91. The van der Waals surface area contributed by atoms with Gasteiger partial charge in [0.1, 0.15) is 6.04 Å². The quantitative estimate of drug-likeness (QED) is 0.813. The van der Waals surface area contributed by atoms with Crippen molar-refractivity contribution in [1.82, 2.24) is 5.32 Å². The second-order valence-corrected chi connectivity index (χ2v) is 6.09. The Hall–Kier alpha value is -1.36. The summed E-state index contributed by atoms with van der Waals surface area (Å²) in [6, 6.07) is 9.15. The average Bonchev–Trinajstić information content (AvgIpc) is 2.96. The lowest BCUT2D eigenvalue weighted by atomic mass is 10.0. The summed E-state index contributed by atoms with van der Waals surface area (Å²) in [5.74, 6) is -0.283. The molecule has 1 unspecified atom stereocenters. The number of benzene rings is 1. The monoisotopic (exact) mass is 323 g/mol.